The number of nitrogens with zero attached hydrogens (tertiary/aromatic N) is 2. The van der Waals surface area contributed by atoms with E-state index in [1.165, 1.54) is 11.3 Å². The molecule has 1 N–H and O–H groups in total. The smallest absolute Gasteiger partial charge is 0.268 e. The maximum absolute atomic E-state index is 13.0. The highest BCUT2D eigenvalue weighted by Crippen LogP contribution is 2.31. The molecule has 27 heavy (non-hydrogen) atoms. The van der Waals surface area contributed by atoms with Gasteiger partial charge in [-0.1, -0.05) is 6.07 Å². The molecule has 2 amide bonds. The first-order valence-electron chi connectivity index (χ1n) is 8.77. The van der Waals surface area contributed by atoms with Crippen LogP contribution in [0.5, 0.6) is 5.75 Å². The third-order valence-corrected chi connectivity index (χ3v) is 5.38. The number of morpholine rings is 1. The summed E-state index contributed by atoms with van der Waals surface area (Å²) in [5.74, 6) is 0.341. The number of pyridine rings is 1. The summed E-state index contributed by atoms with van der Waals surface area (Å²) in [6.45, 7) is 3.61. The number of amides is 2. The molecule has 0 spiro atoms. The van der Waals surface area contributed by atoms with Gasteiger partial charge >= 0.3 is 0 Å². The highest BCUT2D eigenvalue weighted by Gasteiger charge is 2.32. The minimum Gasteiger partial charge on any atom is -0.495 e. The lowest BCUT2D eigenvalue weighted by Gasteiger charge is -2.35. The molecule has 1 aliphatic heterocycles. The van der Waals surface area contributed by atoms with E-state index in [1.807, 2.05) is 25.1 Å². The van der Waals surface area contributed by atoms with Crippen LogP contribution in [0.25, 0.3) is 0 Å². The Hall–Kier alpha value is -2.45. The van der Waals surface area contributed by atoms with Gasteiger partial charge in [-0.15, -0.1) is 11.3 Å². The normalized spacial score (nSPS) is 16.8. The maximum atomic E-state index is 13.0. The molecule has 0 aliphatic carbocycles. The van der Waals surface area contributed by atoms with Crippen LogP contribution in [0.2, 0.25) is 0 Å². The van der Waals surface area contributed by atoms with Crippen molar-refractivity contribution >= 4 is 23.2 Å². The fraction of sp³-hybridized carbons (Fsp3) is 0.421. The van der Waals surface area contributed by atoms with E-state index in [0.29, 0.717) is 36.9 Å². The Morgan fingerprint density at radius 2 is 2.33 bits per heavy atom. The first-order valence-corrected chi connectivity index (χ1v) is 9.59. The second kappa shape index (κ2) is 8.96. The van der Waals surface area contributed by atoms with Gasteiger partial charge in [0.15, 0.2) is 0 Å². The van der Waals surface area contributed by atoms with Gasteiger partial charge in [0.25, 0.3) is 5.91 Å². The van der Waals surface area contributed by atoms with Crippen molar-refractivity contribution < 1.29 is 19.1 Å². The Morgan fingerprint density at radius 3 is 3.07 bits per heavy atom. The zero-order valence-corrected chi connectivity index (χ0v) is 16.3. The van der Waals surface area contributed by atoms with Crippen LogP contribution in [0.4, 0.5) is 0 Å². The van der Waals surface area contributed by atoms with Gasteiger partial charge in [0.1, 0.15) is 10.6 Å². The topological polar surface area (TPSA) is 80.8 Å². The Bertz CT molecular complexity index is 794. The van der Waals surface area contributed by atoms with E-state index in [2.05, 4.69) is 10.3 Å². The molecule has 2 aromatic heterocycles. The van der Waals surface area contributed by atoms with Crippen molar-refractivity contribution in [2.24, 2.45) is 0 Å². The standard InChI is InChI=1S/C19H23N3O4S/c1-13-8-16(25-2)18(27-13)19(24)22-6-7-26-12-15(22)9-17(23)21-11-14-4-3-5-20-10-14/h3-5,8,10,15H,6-7,9,11-12H2,1-2H3,(H,21,23)/t15-/m1/s1. The van der Waals surface area contributed by atoms with Crippen molar-refractivity contribution in [1.29, 1.82) is 0 Å². The number of thiophene rings is 1. The Balaban J connectivity index is 1.64. The number of nitrogens with one attached hydrogen (secondary N) is 1. The molecule has 7 nitrogen and oxygen atoms in total. The molecule has 3 heterocycles. The molecule has 1 fully saturated rings. The number of aromatic nitrogens is 1. The molecule has 0 unspecified atom stereocenters. The summed E-state index contributed by atoms with van der Waals surface area (Å²) in [7, 11) is 1.56. The van der Waals surface area contributed by atoms with Gasteiger partial charge < -0.3 is 19.7 Å². The van der Waals surface area contributed by atoms with Crippen molar-refractivity contribution in [2.75, 3.05) is 26.9 Å². The van der Waals surface area contributed by atoms with Crippen LogP contribution in [0.15, 0.2) is 30.6 Å². The molecule has 1 atom stereocenters. The largest absolute Gasteiger partial charge is 0.495 e. The number of rotatable bonds is 6. The number of hydrogen-bond donors (Lipinski definition) is 1. The van der Waals surface area contributed by atoms with Gasteiger partial charge in [-0.3, -0.25) is 14.6 Å². The van der Waals surface area contributed by atoms with E-state index >= 15 is 0 Å². The minimum atomic E-state index is -0.299. The van der Waals surface area contributed by atoms with Gasteiger partial charge in [0.05, 0.1) is 26.4 Å². The van der Waals surface area contributed by atoms with Gasteiger partial charge in [-0.2, -0.15) is 0 Å². The zero-order valence-electron chi connectivity index (χ0n) is 15.4. The van der Waals surface area contributed by atoms with E-state index in [9.17, 15) is 9.59 Å². The molecule has 0 radical (unpaired) electrons. The van der Waals surface area contributed by atoms with Crippen LogP contribution < -0.4 is 10.1 Å². The summed E-state index contributed by atoms with van der Waals surface area (Å²) in [4.78, 5) is 32.7. The number of hydrogen-bond acceptors (Lipinski definition) is 6. The van der Waals surface area contributed by atoms with E-state index in [-0.39, 0.29) is 24.3 Å². The van der Waals surface area contributed by atoms with Crippen molar-refractivity contribution in [3.05, 3.63) is 45.9 Å². The quantitative estimate of drug-likeness (QED) is 0.817. The van der Waals surface area contributed by atoms with Crippen LogP contribution in [0.3, 0.4) is 0 Å². The fourth-order valence-corrected chi connectivity index (χ4v) is 3.94. The van der Waals surface area contributed by atoms with Crippen molar-refractivity contribution in [1.82, 2.24) is 15.2 Å². The summed E-state index contributed by atoms with van der Waals surface area (Å²) in [5, 5.41) is 2.88. The molecule has 1 saturated heterocycles. The number of carbonyl (C=O) groups is 2. The number of aryl methyl sites for hydroxylation is 1. The van der Waals surface area contributed by atoms with Crippen LogP contribution >= 0.6 is 11.3 Å². The highest BCUT2D eigenvalue weighted by molar-refractivity contribution is 7.14. The van der Waals surface area contributed by atoms with Gasteiger partial charge in [-0.05, 0) is 24.6 Å². The van der Waals surface area contributed by atoms with Crippen LogP contribution in [-0.2, 0) is 16.1 Å². The number of methoxy groups -OCH3 is 1. The second-order valence-electron chi connectivity index (χ2n) is 6.32. The summed E-state index contributed by atoms with van der Waals surface area (Å²) >= 11 is 1.40. The van der Waals surface area contributed by atoms with E-state index in [1.54, 1.807) is 24.4 Å². The van der Waals surface area contributed by atoms with E-state index in [0.717, 1.165) is 10.4 Å². The lowest BCUT2D eigenvalue weighted by atomic mass is 10.1. The average molecular weight is 389 g/mol. The van der Waals surface area contributed by atoms with Crippen LogP contribution in [-0.4, -0.2) is 54.6 Å². The predicted octanol–water partition coefficient (Wildman–Crippen LogP) is 2.01. The number of carbonyl (C=O) groups excluding carboxylic acids is 2. The van der Waals surface area contributed by atoms with Crippen molar-refractivity contribution in [3.63, 3.8) is 0 Å². The summed E-state index contributed by atoms with van der Waals surface area (Å²) in [5.41, 5.74) is 0.928. The molecule has 2 aromatic rings. The summed E-state index contributed by atoms with van der Waals surface area (Å²) in [6, 6.07) is 5.28. The molecular formula is C19H23N3O4S. The first-order chi connectivity index (χ1) is 13.1. The van der Waals surface area contributed by atoms with Crippen molar-refractivity contribution in [2.45, 2.75) is 25.9 Å². The van der Waals surface area contributed by atoms with Gasteiger partial charge in [0.2, 0.25) is 5.91 Å². The van der Waals surface area contributed by atoms with Crippen molar-refractivity contribution in [3.8, 4) is 5.75 Å². The zero-order chi connectivity index (χ0) is 19.2. The molecule has 0 aromatic carbocycles. The second-order valence-corrected chi connectivity index (χ2v) is 7.58. The molecule has 8 heteroatoms. The SMILES string of the molecule is COc1cc(C)sc1C(=O)N1CCOC[C@H]1CC(=O)NCc1cccnc1. The minimum absolute atomic E-state index is 0.113. The summed E-state index contributed by atoms with van der Waals surface area (Å²) in [6.07, 6.45) is 3.60. The molecular weight excluding hydrogens is 366 g/mol. The third kappa shape index (κ3) is 4.84. The predicted molar refractivity (Wildman–Crippen MR) is 102 cm³/mol. The lowest BCUT2D eigenvalue weighted by Crippen LogP contribution is -2.50. The van der Waals surface area contributed by atoms with Gasteiger partial charge in [0, 0.05) is 36.8 Å². The van der Waals surface area contributed by atoms with E-state index < -0.39 is 0 Å². The van der Waals surface area contributed by atoms with Crippen LogP contribution in [0, 0.1) is 6.92 Å². The molecule has 1 aliphatic rings. The molecule has 3 rings (SSSR count). The average Bonchev–Trinajstić information content (AvgIpc) is 3.08. The molecule has 144 valence electrons. The Labute approximate surface area is 162 Å². The third-order valence-electron chi connectivity index (χ3n) is 4.36. The first kappa shape index (κ1) is 19.3. The Kier molecular flexibility index (Phi) is 6.41. The highest BCUT2D eigenvalue weighted by atomic mass is 32.1. The van der Waals surface area contributed by atoms with Gasteiger partial charge in [-0.25, -0.2) is 0 Å². The number of ether oxygens (including phenoxy) is 2. The fourth-order valence-electron chi connectivity index (χ4n) is 3.00. The van der Waals surface area contributed by atoms with E-state index in [4.69, 9.17) is 9.47 Å². The Morgan fingerprint density at radius 1 is 1.48 bits per heavy atom. The molecule has 0 bridgehead atoms. The monoisotopic (exact) mass is 389 g/mol. The summed E-state index contributed by atoms with van der Waals surface area (Å²) < 4.78 is 10.8. The maximum Gasteiger partial charge on any atom is 0.268 e. The lowest BCUT2D eigenvalue weighted by molar-refractivity contribution is -0.123. The van der Waals surface area contributed by atoms with Crippen LogP contribution in [0.1, 0.15) is 26.5 Å². The molecule has 0 saturated carbocycles.